The normalized spacial score (nSPS) is 15.8. The number of aliphatic imine (C=N–C) groups is 1. The van der Waals surface area contributed by atoms with Gasteiger partial charge < -0.3 is 0 Å². The zero-order chi connectivity index (χ0) is 21.2. The van der Waals surface area contributed by atoms with Gasteiger partial charge in [0.2, 0.25) is 5.78 Å². The van der Waals surface area contributed by atoms with Gasteiger partial charge in [0.05, 0.1) is 19.6 Å². The van der Waals surface area contributed by atoms with Crippen molar-refractivity contribution in [3.05, 3.63) is 86.3 Å². The summed E-state index contributed by atoms with van der Waals surface area (Å²) in [7, 11) is -3.97. The largest absolute Gasteiger partial charge is 0.287 e. The number of carbonyl (C=O) groups is 1. The van der Waals surface area contributed by atoms with Crippen LogP contribution in [0.4, 0.5) is 0 Å². The van der Waals surface area contributed by atoms with Gasteiger partial charge in [-0.3, -0.25) is 4.79 Å². The van der Waals surface area contributed by atoms with E-state index in [-0.39, 0.29) is 16.5 Å². The average Bonchev–Trinajstić information content (AvgIpc) is 2.74. The van der Waals surface area contributed by atoms with Crippen LogP contribution in [0.15, 0.2) is 95.1 Å². The molecule has 0 unspecified atom stereocenters. The van der Waals surface area contributed by atoms with Crippen molar-refractivity contribution in [1.29, 1.82) is 0 Å². The van der Waals surface area contributed by atoms with Gasteiger partial charge in [0.15, 0.2) is 5.84 Å². The molecule has 1 aliphatic rings. The first-order valence-electron chi connectivity index (χ1n) is 8.54. The molecule has 0 aliphatic heterocycles. The van der Waals surface area contributed by atoms with Gasteiger partial charge in [0, 0.05) is 5.56 Å². The van der Waals surface area contributed by atoms with Gasteiger partial charge in [-0.2, -0.15) is 8.42 Å². The number of amidine groups is 1. The molecule has 0 bridgehead atoms. The number of ketones is 1. The van der Waals surface area contributed by atoms with E-state index in [4.69, 9.17) is 0 Å². The first-order chi connectivity index (χ1) is 13.7. The summed E-state index contributed by atoms with van der Waals surface area (Å²) in [6, 6.07) is 16.8. The number of sulfonamides is 1. The standard InChI is InChI=1S/C21H16Br2N2O3S/c1-13-17(22)20(26)18(23)14(2)19(13)24-21(15-9-5-3-6-10-15)25-29(27,28)16-11-7-4-8-12-16/h3-12H,1-2H3. The van der Waals surface area contributed by atoms with Gasteiger partial charge >= 0.3 is 0 Å². The molecule has 1 aliphatic carbocycles. The Kier molecular flexibility index (Phi) is 6.45. The number of hydrogen-bond acceptors (Lipinski definition) is 3. The molecular weight excluding hydrogens is 520 g/mol. The van der Waals surface area contributed by atoms with Crippen LogP contribution in [0.5, 0.6) is 0 Å². The highest BCUT2D eigenvalue weighted by Gasteiger charge is 2.27. The van der Waals surface area contributed by atoms with Crippen molar-refractivity contribution in [2.75, 3.05) is 0 Å². The fourth-order valence-corrected chi connectivity index (χ4v) is 4.70. The predicted octanol–water partition coefficient (Wildman–Crippen LogP) is 5.18. The second kappa shape index (κ2) is 8.69. The van der Waals surface area contributed by atoms with Crippen molar-refractivity contribution in [3.8, 4) is 0 Å². The van der Waals surface area contributed by atoms with Gasteiger partial charge in [-0.1, -0.05) is 48.5 Å². The van der Waals surface area contributed by atoms with Gasteiger partial charge in [0.25, 0.3) is 10.0 Å². The van der Waals surface area contributed by atoms with Crippen LogP contribution in [-0.4, -0.2) is 25.7 Å². The van der Waals surface area contributed by atoms with Crippen molar-refractivity contribution in [3.63, 3.8) is 0 Å². The van der Waals surface area contributed by atoms with E-state index in [1.807, 2.05) is 6.07 Å². The molecule has 0 radical (unpaired) electrons. The van der Waals surface area contributed by atoms with Crippen molar-refractivity contribution in [2.45, 2.75) is 18.7 Å². The summed E-state index contributed by atoms with van der Waals surface area (Å²) < 4.78 is 30.5. The van der Waals surface area contributed by atoms with Crippen molar-refractivity contribution in [1.82, 2.24) is 0 Å². The molecule has 29 heavy (non-hydrogen) atoms. The van der Waals surface area contributed by atoms with E-state index in [0.717, 1.165) is 0 Å². The topological polar surface area (TPSA) is 75.9 Å². The third-order valence-corrected chi connectivity index (χ3v) is 7.46. The number of hydrogen-bond donors (Lipinski definition) is 0. The molecule has 0 fully saturated rings. The third kappa shape index (κ3) is 4.55. The van der Waals surface area contributed by atoms with Crippen LogP contribution in [-0.2, 0) is 14.8 Å². The molecule has 0 saturated carbocycles. The third-order valence-electron chi connectivity index (χ3n) is 4.26. The summed E-state index contributed by atoms with van der Waals surface area (Å²) >= 11 is 6.60. The first-order valence-corrected chi connectivity index (χ1v) is 11.6. The van der Waals surface area contributed by atoms with Crippen LogP contribution in [0.25, 0.3) is 0 Å². The maximum atomic E-state index is 12.8. The molecule has 2 aromatic carbocycles. The zero-order valence-corrected chi connectivity index (χ0v) is 19.5. The van der Waals surface area contributed by atoms with Crippen molar-refractivity contribution >= 4 is 59.2 Å². The summed E-state index contributed by atoms with van der Waals surface area (Å²) in [4.78, 5) is 16.9. The molecule has 2 aromatic rings. The Morgan fingerprint density at radius 2 is 1.31 bits per heavy atom. The Labute approximate surface area is 186 Å². The Morgan fingerprint density at radius 3 is 1.83 bits per heavy atom. The fourth-order valence-electron chi connectivity index (χ4n) is 2.68. The summed E-state index contributed by atoms with van der Waals surface area (Å²) in [5, 5.41) is 0. The number of allylic oxidation sites excluding steroid dienone is 4. The van der Waals surface area contributed by atoms with Crippen LogP contribution in [0.2, 0.25) is 0 Å². The number of benzene rings is 2. The maximum Gasteiger partial charge on any atom is 0.284 e. The molecule has 0 N–H and O–H groups in total. The molecule has 0 heterocycles. The molecule has 0 amide bonds. The van der Waals surface area contributed by atoms with E-state index in [1.54, 1.807) is 56.3 Å². The molecule has 8 heteroatoms. The Bertz CT molecular complexity index is 1170. The minimum atomic E-state index is -3.97. The van der Waals surface area contributed by atoms with E-state index in [1.165, 1.54) is 12.1 Å². The Balaban J connectivity index is 2.24. The molecule has 0 spiro atoms. The Hall–Kier alpha value is -2.16. The molecule has 3 rings (SSSR count). The van der Waals surface area contributed by atoms with Gasteiger partial charge in [-0.15, -0.1) is 4.40 Å². The number of Topliss-reactive ketones (excluding diaryl/α,β-unsaturated/α-hetero) is 1. The minimum absolute atomic E-state index is 0.0399. The maximum absolute atomic E-state index is 12.8. The van der Waals surface area contributed by atoms with Gasteiger partial charge in [0.1, 0.15) is 0 Å². The lowest BCUT2D eigenvalue weighted by atomic mass is 9.97. The van der Waals surface area contributed by atoms with E-state index in [0.29, 0.717) is 31.4 Å². The number of halogens is 2. The SMILES string of the molecule is CC1=C(Br)C(=O)C(Br)=C(C)C1=NC(=NS(=O)(=O)c1ccccc1)c1ccccc1. The van der Waals surface area contributed by atoms with E-state index >= 15 is 0 Å². The molecule has 148 valence electrons. The zero-order valence-electron chi connectivity index (χ0n) is 15.6. The quantitative estimate of drug-likeness (QED) is 0.308. The van der Waals surface area contributed by atoms with Gasteiger partial charge in [-0.05, 0) is 69.0 Å². The average molecular weight is 536 g/mol. The molecular formula is C21H16Br2N2O3S. The van der Waals surface area contributed by atoms with Crippen LogP contribution in [0.3, 0.4) is 0 Å². The molecule has 5 nitrogen and oxygen atoms in total. The van der Waals surface area contributed by atoms with Crippen molar-refractivity contribution < 1.29 is 13.2 Å². The highest BCUT2D eigenvalue weighted by Crippen LogP contribution is 2.32. The predicted molar refractivity (Wildman–Crippen MR) is 122 cm³/mol. The van der Waals surface area contributed by atoms with Crippen LogP contribution in [0, 0.1) is 0 Å². The van der Waals surface area contributed by atoms with Crippen molar-refractivity contribution in [2.24, 2.45) is 9.39 Å². The van der Waals surface area contributed by atoms with E-state index in [9.17, 15) is 13.2 Å². The van der Waals surface area contributed by atoms with E-state index in [2.05, 4.69) is 41.3 Å². The molecule has 0 aromatic heterocycles. The number of nitrogens with zero attached hydrogens (tertiary/aromatic N) is 2. The fraction of sp³-hybridized carbons (Fsp3) is 0.0952. The Morgan fingerprint density at radius 1 is 0.828 bits per heavy atom. The molecule has 0 saturated heterocycles. The second-order valence-electron chi connectivity index (χ2n) is 6.24. The first kappa shape index (κ1) is 21.5. The van der Waals surface area contributed by atoms with E-state index < -0.39 is 10.0 Å². The highest BCUT2D eigenvalue weighted by molar-refractivity contribution is 9.13. The van der Waals surface area contributed by atoms with Crippen LogP contribution >= 0.6 is 31.9 Å². The lowest BCUT2D eigenvalue weighted by Crippen LogP contribution is -2.19. The smallest absolute Gasteiger partial charge is 0.284 e. The van der Waals surface area contributed by atoms with Crippen LogP contribution in [0.1, 0.15) is 19.4 Å². The minimum Gasteiger partial charge on any atom is -0.287 e. The molecule has 0 atom stereocenters. The number of rotatable bonds is 3. The monoisotopic (exact) mass is 534 g/mol. The number of carbonyl (C=O) groups excluding carboxylic acids is 1. The second-order valence-corrected chi connectivity index (χ2v) is 9.43. The summed E-state index contributed by atoms with van der Waals surface area (Å²) in [6.45, 7) is 3.50. The highest BCUT2D eigenvalue weighted by atomic mass is 79.9. The lowest BCUT2D eigenvalue weighted by molar-refractivity contribution is -0.111. The van der Waals surface area contributed by atoms with Gasteiger partial charge in [-0.25, -0.2) is 4.99 Å². The summed E-state index contributed by atoms with van der Waals surface area (Å²) in [5.41, 5.74) is 2.24. The summed E-state index contributed by atoms with van der Waals surface area (Å²) in [6.07, 6.45) is 0. The van der Waals surface area contributed by atoms with Crippen LogP contribution < -0.4 is 0 Å². The summed E-state index contributed by atoms with van der Waals surface area (Å²) in [5.74, 6) is -0.146. The lowest BCUT2D eigenvalue weighted by Gasteiger charge is -2.18.